The molecule has 1 aliphatic rings. The summed E-state index contributed by atoms with van der Waals surface area (Å²) < 4.78 is 5.84. The Hall–Kier alpha value is -0.860. The van der Waals surface area contributed by atoms with Crippen molar-refractivity contribution in [2.75, 3.05) is 20.2 Å². The van der Waals surface area contributed by atoms with Gasteiger partial charge in [0.25, 0.3) is 0 Å². The Bertz CT molecular complexity index is 354. The van der Waals surface area contributed by atoms with Crippen LogP contribution in [0.15, 0.2) is 24.3 Å². The van der Waals surface area contributed by atoms with Crippen LogP contribution in [0.4, 0.5) is 0 Å². The highest BCUT2D eigenvalue weighted by Crippen LogP contribution is 2.25. The number of nitrogens with one attached hydrogen (secondary N) is 1. The molecule has 1 N–H and O–H groups in total. The first-order valence-electron chi connectivity index (χ1n) is 7.60. The SMILES string of the molecule is CNCC(C)c1ccc(COCC2CCCC2)cc1. The lowest BCUT2D eigenvalue weighted by Gasteiger charge is -2.13. The van der Waals surface area contributed by atoms with Crippen LogP contribution in [0.3, 0.4) is 0 Å². The van der Waals surface area contributed by atoms with E-state index in [0.29, 0.717) is 5.92 Å². The van der Waals surface area contributed by atoms with Gasteiger partial charge in [0.1, 0.15) is 0 Å². The molecule has 0 amide bonds. The highest BCUT2D eigenvalue weighted by molar-refractivity contribution is 5.24. The maximum absolute atomic E-state index is 5.84. The quantitative estimate of drug-likeness (QED) is 0.808. The van der Waals surface area contributed by atoms with Crippen molar-refractivity contribution in [3.63, 3.8) is 0 Å². The van der Waals surface area contributed by atoms with Gasteiger partial charge in [0.2, 0.25) is 0 Å². The number of hydrogen-bond donors (Lipinski definition) is 1. The lowest BCUT2D eigenvalue weighted by Crippen LogP contribution is -2.14. The molecule has 19 heavy (non-hydrogen) atoms. The van der Waals surface area contributed by atoms with E-state index in [-0.39, 0.29) is 0 Å². The summed E-state index contributed by atoms with van der Waals surface area (Å²) in [5.74, 6) is 1.38. The number of rotatable bonds is 7. The smallest absolute Gasteiger partial charge is 0.0717 e. The second-order valence-corrected chi connectivity index (χ2v) is 5.87. The van der Waals surface area contributed by atoms with Gasteiger partial charge in [0.05, 0.1) is 6.61 Å². The molecular weight excluding hydrogens is 234 g/mol. The van der Waals surface area contributed by atoms with Crippen LogP contribution in [0.25, 0.3) is 0 Å². The van der Waals surface area contributed by atoms with Gasteiger partial charge in [-0.1, -0.05) is 44.0 Å². The molecule has 106 valence electrons. The minimum atomic E-state index is 0.568. The van der Waals surface area contributed by atoms with Crippen LogP contribution in [0, 0.1) is 5.92 Å². The zero-order chi connectivity index (χ0) is 13.5. The van der Waals surface area contributed by atoms with Crippen molar-refractivity contribution < 1.29 is 4.74 Å². The molecule has 0 aliphatic heterocycles. The van der Waals surface area contributed by atoms with Crippen molar-refractivity contribution in [1.82, 2.24) is 5.32 Å². The molecule has 1 atom stereocenters. The van der Waals surface area contributed by atoms with Crippen molar-refractivity contribution in [2.24, 2.45) is 5.92 Å². The van der Waals surface area contributed by atoms with Gasteiger partial charge in [0.15, 0.2) is 0 Å². The Balaban J connectivity index is 1.74. The molecule has 0 radical (unpaired) electrons. The summed E-state index contributed by atoms with van der Waals surface area (Å²) in [7, 11) is 2.00. The van der Waals surface area contributed by atoms with Gasteiger partial charge >= 0.3 is 0 Å². The molecule has 2 heteroatoms. The molecule has 1 fully saturated rings. The first-order valence-corrected chi connectivity index (χ1v) is 7.60. The van der Waals surface area contributed by atoms with Crippen LogP contribution in [0.2, 0.25) is 0 Å². The van der Waals surface area contributed by atoms with E-state index < -0.39 is 0 Å². The third-order valence-electron chi connectivity index (χ3n) is 4.16. The number of likely N-dealkylation sites (N-methyl/N-ethyl adjacent to an activating group) is 1. The zero-order valence-corrected chi connectivity index (χ0v) is 12.3. The topological polar surface area (TPSA) is 21.3 Å². The monoisotopic (exact) mass is 261 g/mol. The van der Waals surface area contributed by atoms with E-state index in [1.54, 1.807) is 0 Å². The average Bonchev–Trinajstić information content (AvgIpc) is 2.93. The predicted octanol–water partition coefficient (Wildman–Crippen LogP) is 3.72. The van der Waals surface area contributed by atoms with Crippen molar-refractivity contribution in [3.8, 4) is 0 Å². The fraction of sp³-hybridized carbons (Fsp3) is 0.647. The molecule has 1 aliphatic carbocycles. The Morgan fingerprint density at radius 3 is 2.53 bits per heavy atom. The largest absolute Gasteiger partial charge is 0.376 e. The lowest BCUT2D eigenvalue weighted by molar-refractivity contribution is 0.0889. The first kappa shape index (κ1) is 14.5. The maximum atomic E-state index is 5.84. The predicted molar refractivity (Wildman–Crippen MR) is 80.4 cm³/mol. The maximum Gasteiger partial charge on any atom is 0.0717 e. The molecule has 2 rings (SSSR count). The van der Waals surface area contributed by atoms with Crippen molar-refractivity contribution >= 4 is 0 Å². The fourth-order valence-electron chi connectivity index (χ4n) is 2.89. The molecule has 2 nitrogen and oxygen atoms in total. The second-order valence-electron chi connectivity index (χ2n) is 5.87. The average molecular weight is 261 g/mol. The molecule has 1 aromatic carbocycles. The molecule has 0 bridgehead atoms. The second kappa shape index (κ2) is 7.66. The minimum Gasteiger partial charge on any atom is -0.376 e. The van der Waals surface area contributed by atoms with Crippen LogP contribution in [-0.2, 0) is 11.3 Å². The van der Waals surface area contributed by atoms with E-state index in [2.05, 4.69) is 36.5 Å². The van der Waals surface area contributed by atoms with Gasteiger partial charge in [-0.3, -0.25) is 0 Å². The van der Waals surface area contributed by atoms with Crippen molar-refractivity contribution in [3.05, 3.63) is 35.4 Å². The lowest BCUT2D eigenvalue weighted by atomic mass is 10.00. The summed E-state index contributed by atoms with van der Waals surface area (Å²) in [5.41, 5.74) is 2.69. The normalized spacial score (nSPS) is 17.8. The summed E-state index contributed by atoms with van der Waals surface area (Å²) in [6.45, 7) is 4.98. The number of ether oxygens (including phenoxy) is 1. The van der Waals surface area contributed by atoms with Crippen LogP contribution < -0.4 is 5.32 Å². The van der Waals surface area contributed by atoms with Crippen molar-refractivity contribution in [1.29, 1.82) is 0 Å². The van der Waals surface area contributed by atoms with Gasteiger partial charge < -0.3 is 10.1 Å². The summed E-state index contributed by atoms with van der Waals surface area (Å²) in [6.07, 6.45) is 5.51. The molecule has 0 spiro atoms. The standard InChI is InChI=1S/C17H27NO/c1-14(11-18-2)17-9-7-16(8-10-17)13-19-12-15-5-3-4-6-15/h7-10,14-15,18H,3-6,11-13H2,1-2H3. The van der Waals surface area contributed by atoms with Gasteiger partial charge in [-0.2, -0.15) is 0 Å². The van der Waals surface area contributed by atoms with Crippen molar-refractivity contribution in [2.45, 2.75) is 45.1 Å². The minimum absolute atomic E-state index is 0.568. The fourth-order valence-corrected chi connectivity index (χ4v) is 2.89. The third-order valence-corrected chi connectivity index (χ3v) is 4.16. The van der Waals surface area contributed by atoms with E-state index in [4.69, 9.17) is 4.74 Å². The van der Waals surface area contributed by atoms with E-state index >= 15 is 0 Å². The van der Waals surface area contributed by atoms with Crippen LogP contribution in [-0.4, -0.2) is 20.2 Å². The molecular formula is C17H27NO. The Kier molecular flexibility index (Phi) is 5.87. The molecule has 0 aromatic heterocycles. The Morgan fingerprint density at radius 1 is 1.21 bits per heavy atom. The van der Waals surface area contributed by atoms with E-state index in [1.807, 2.05) is 7.05 Å². The number of benzene rings is 1. The van der Waals surface area contributed by atoms with E-state index in [9.17, 15) is 0 Å². The van der Waals surface area contributed by atoms with Crippen LogP contribution in [0.1, 0.15) is 49.7 Å². The molecule has 0 heterocycles. The van der Waals surface area contributed by atoms with Crippen LogP contribution in [0.5, 0.6) is 0 Å². The summed E-state index contributed by atoms with van der Waals surface area (Å²) in [5, 5.41) is 3.22. The number of hydrogen-bond acceptors (Lipinski definition) is 2. The van der Waals surface area contributed by atoms with E-state index in [1.165, 1.54) is 36.8 Å². The Labute approximate surface area is 117 Å². The third kappa shape index (κ3) is 4.63. The van der Waals surface area contributed by atoms with Gasteiger partial charge in [0, 0.05) is 13.2 Å². The highest BCUT2D eigenvalue weighted by Gasteiger charge is 2.14. The van der Waals surface area contributed by atoms with E-state index in [0.717, 1.165) is 25.7 Å². The molecule has 0 saturated heterocycles. The summed E-state index contributed by atoms with van der Waals surface area (Å²) in [6, 6.07) is 8.87. The molecule has 1 saturated carbocycles. The highest BCUT2D eigenvalue weighted by atomic mass is 16.5. The first-order chi connectivity index (χ1) is 9.29. The van der Waals surface area contributed by atoms with Gasteiger partial charge in [-0.15, -0.1) is 0 Å². The zero-order valence-electron chi connectivity index (χ0n) is 12.3. The van der Waals surface area contributed by atoms with Crippen LogP contribution >= 0.6 is 0 Å². The molecule has 1 unspecified atom stereocenters. The molecule has 1 aromatic rings. The van der Waals surface area contributed by atoms with Gasteiger partial charge in [-0.25, -0.2) is 0 Å². The summed E-state index contributed by atoms with van der Waals surface area (Å²) in [4.78, 5) is 0. The van der Waals surface area contributed by atoms with Gasteiger partial charge in [-0.05, 0) is 42.9 Å². The Morgan fingerprint density at radius 2 is 1.89 bits per heavy atom. The summed E-state index contributed by atoms with van der Waals surface area (Å²) >= 11 is 0.